The van der Waals surface area contributed by atoms with Crippen LogP contribution in [0.3, 0.4) is 0 Å². The van der Waals surface area contributed by atoms with E-state index in [4.69, 9.17) is 0 Å². The highest BCUT2D eigenvalue weighted by Gasteiger charge is 2.28. The van der Waals surface area contributed by atoms with Crippen molar-refractivity contribution in [1.82, 2.24) is 5.32 Å². The zero-order chi connectivity index (χ0) is 7.56. The van der Waals surface area contributed by atoms with Gasteiger partial charge in [0.05, 0.1) is 4.43 Å². The van der Waals surface area contributed by atoms with Crippen molar-refractivity contribution in [2.75, 3.05) is 4.43 Å². The maximum atomic E-state index is 10.8. The monoisotopic (exact) mass is 253 g/mol. The summed E-state index contributed by atoms with van der Waals surface area (Å²) >= 11 is 2.08. The molecule has 0 saturated heterocycles. The maximum Gasteiger partial charge on any atom is 0.230 e. The Morgan fingerprint density at radius 2 is 2.40 bits per heavy atom. The molecule has 1 aliphatic rings. The molecule has 1 aliphatic carbocycles. The molecule has 1 atom stereocenters. The Balaban J connectivity index is 2.16. The van der Waals surface area contributed by atoms with Crippen LogP contribution in [0.5, 0.6) is 0 Å². The van der Waals surface area contributed by atoms with Crippen LogP contribution in [0.4, 0.5) is 0 Å². The molecule has 0 radical (unpaired) electrons. The molecule has 1 saturated carbocycles. The quantitative estimate of drug-likeness (QED) is 0.596. The van der Waals surface area contributed by atoms with Crippen molar-refractivity contribution in [2.24, 2.45) is 5.92 Å². The first kappa shape index (κ1) is 8.30. The third-order valence-corrected chi connectivity index (χ3v) is 2.53. The van der Waals surface area contributed by atoms with Crippen LogP contribution in [0, 0.1) is 5.92 Å². The molecule has 0 bridgehead atoms. The van der Waals surface area contributed by atoms with Gasteiger partial charge in [0.2, 0.25) is 5.91 Å². The molecule has 10 heavy (non-hydrogen) atoms. The number of rotatable bonds is 3. The molecule has 1 rings (SSSR count). The largest absolute Gasteiger partial charge is 0.353 e. The lowest BCUT2D eigenvalue weighted by Crippen LogP contribution is -2.34. The number of carbonyl (C=O) groups excluding carboxylic acids is 1. The van der Waals surface area contributed by atoms with Crippen LogP contribution < -0.4 is 5.32 Å². The van der Waals surface area contributed by atoms with Crippen LogP contribution in [0.1, 0.15) is 19.8 Å². The Morgan fingerprint density at radius 1 is 1.80 bits per heavy atom. The molecule has 0 unspecified atom stereocenters. The molecule has 58 valence electrons. The fourth-order valence-corrected chi connectivity index (χ4v) is 1.23. The number of hydrogen-bond acceptors (Lipinski definition) is 1. The smallest absolute Gasteiger partial charge is 0.230 e. The second-order valence-electron chi connectivity index (χ2n) is 2.83. The normalized spacial score (nSPS) is 20.2. The van der Waals surface area contributed by atoms with Gasteiger partial charge in [-0.25, -0.2) is 0 Å². The number of carbonyl (C=O) groups is 1. The van der Waals surface area contributed by atoms with E-state index in [2.05, 4.69) is 34.8 Å². The minimum Gasteiger partial charge on any atom is -0.353 e. The summed E-state index contributed by atoms with van der Waals surface area (Å²) in [6.45, 7) is 2.09. The second-order valence-corrected chi connectivity index (χ2v) is 3.59. The highest BCUT2D eigenvalue weighted by Crippen LogP contribution is 2.32. The Bertz CT molecular complexity index is 134. The molecule has 0 aromatic carbocycles. The van der Waals surface area contributed by atoms with Gasteiger partial charge in [0.1, 0.15) is 0 Å². The van der Waals surface area contributed by atoms with Crippen LogP contribution in [0.15, 0.2) is 0 Å². The minimum atomic E-state index is 0.167. The van der Waals surface area contributed by atoms with Gasteiger partial charge in [0, 0.05) is 6.04 Å². The molecule has 0 spiro atoms. The summed E-state index contributed by atoms with van der Waals surface area (Å²) in [4.78, 5) is 10.8. The van der Waals surface area contributed by atoms with Crippen LogP contribution in [0.2, 0.25) is 0 Å². The first-order valence-corrected chi connectivity index (χ1v) is 5.12. The van der Waals surface area contributed by atoms with Gasteiger partial charge in [0.25, 0.3) is 0 Å². The summed E-state index contributed by atoms with van der Waals surface area (Å²) in [5, 5.41) is 2.95. The average molecular weight is 253 g/mol. The Labute approximate surface area is 74.9 Å². The summed E-state index contributed by atoms with van der Waals surface area (Å²) in [5.41, 5.74) is 0. The molecule has 1 fully saturated rings. The highest BCUT2D eigenvalue weighted by atomic mass is 127. The average Bonchev–Trinajstić information content (AvgIpc) is 2.68. The third-order valence-electron chi connectivity index (χ3n) is 1.84. The standard InChI is InChI=1S/C7H12INO/c1-5(6-2-3-6)9-7(10)4-8/h5-6H,2-4H2,1H3,(H,9,10)/t5-/m0/s1. The fraction of sp³-hybridized carbons (Fsp3) is 0.857. The predicted octanol–water partition coefficient (Wildman–Crippen LogP) is 1.34. The Morgan fingerprint density at radius 3 is 2.80 bits per heavy atom. The van der Waals surface area contributed by atoms with Gasteiger partial charge in [-0.05, 0) is 25.7 Å². The Hall–Kier alpha value is 0.200. The lowest BCUT2D eigenvalue weighted by molar-refractivity contribution is -0.119. The van der Waals surface area contributed by atoms with Crippen LogP contribution >= 0.6 is 22.6 Å². The third kappa shape index (κ3) is 2.44. The van der Waals surface area contributed by atoms with Crippen LogP contribution in [-0.4, -0.2) is 16.4 Å². The first-order chi connectivity index (χ1) is 4.74. The molecule has 0 aromatic rings. The fourth-order valence-electron chi connectivity index (χ4n) is 1.01. The van der Waals surface area contributed by atoms with E-state index < -0.39 is 0 Å². The zero-order valence-electron chi connectivity index (χ0n) is 6.06. The molecule has 1 N–H and O–H groups in total. The number of nitrogens with one attached hydrogen (secondary N) is 1. The van der Waals surface area contributed by atoms with Crippen LogP contribution in [-0.2, 0) is 4.79 Å². The zero-order valence-corrected chi connectivity index (χ0v) is 8.22. The van der Waals surface area contributed by atoms with Gasteiger partial charge >= 0.3 is 0 Å². The first-order valence-electron chi connectivity index (χ1n) is 3.59. The number of alkyl halides is 1. The van der Waals surface area contributed by atoms with E-state index in [1.165, 1.54) is 12.8 Å². The van der Waals surface area contributed by atoms with E-state index in [1.54, 1.807) is 0 Å². The second kappa shape index (κ2) is 3.55. The van der Waals surface area contributed by atoms with Gasteiger partial charge in [-0.1, -0.05) is 22.6 Å². The number of hydrogen-bond donors (Lipinski definition) is 1. The lowest BCUT2D eigenvalue weighted by Gasteiger charge is -2.10. The summed E-state index contributed by atoms with van der Waals surface area (Å²) in [5.74, 6) is 0.937. The van der Waals surface area contributed by atoms with Gasteiger partial charge in [0.15, 0.2) is 0 Å². The van der Waals surface area contributed by atoms with Crippen molar-refractivity contribution >= 4 is 28.5 Å². The van der Waals surface area contributed by atoms with E-state index in [9.17, 15) is 4.79 Å². The molecule has 2 nitrogen and oxygen atoms in total. The van der Waals surface area contributed by atoms with Crippen LogP contribution in [0.25, 0.3) is 0 Å². The van der Waals surface area contributed by atoms with Crippen molar-refractivity contribution < 1.29 is 4.79 Å². The molecule has 1 amide bonds. The maximum absolute atomic E-state index is 10.8. The van der Waals surface area contributed by atoms with Gasteiger partial charge in [-0.15, -0.1) is 0 Å². The van der Waals surface area contributed by atoms with Crippen molar-refractivity contribution in [1.29, 1.82) is 0 Å². The highest BCUT2D eigenvalue weighted by molar-refractivity contribution is 14.1. The van der Waals surface area contributed by atoms with E-state index in [-0.39, 0.29) is 5.91 Å². The van der Waals surface area contributed by atoms with E-state index >= 15 is 0 Å². The summed E-state index contributed by atoms with van der Waals surface area (Å²) in [7, 11) is 0. The molecule has 0 aliphatic heterocycles. The van der Waals surface area contributed by atoms with Crippen molar-refractivity contribution in [3.63, 3.8) is 0 Å². The minimum absolute atomic E-state index is 0.167. The Kier molecular flexibility index (Phi) is 2.95. The molecule has 0 aromatic heterocycles. The van der Waals surface area contributed by atoms with Gasteiger partial charge in [-0.2, -0.15) is 0 Å². The summed E-state index contributed by atoms with van der Waals surface area (Å²) in [6, 6.07) is 0.405. The van der Waals surface area contributed by atoms with Crippen molar-refractivity contribution in [3.05, 3.63) is 0 Å². The van der Waals surface area contributed by atoms with E-state index in [1.807, 2.05) is 0 Å². The van der Waals surface area contributed by atoms with Crippen molar-refractivity contribution in [3.8, 4) is 0 Å². The molecular formula is C7H12INO. The topological polar surface area (TPSA) is 29.1 Å². The summed E-state index contributed by atoms with van der Waals surface area (Å²) in [6.07, 6.45) is 2.59. The SMILES string of the molecule is C[C@H](NC(=O)CI)C1CC1. The van der Waals surface area contributed by atoms with Gasteiger partial charge in [-0.3, -0.25) is 4.79 Å². The number of halogens is 1. The summed E-state index contributed by atoms with van der Waals surface area (Å²) < 4.78 is 0.578. The van der Waals surface area contributed by atoms with Crippen molar-refractivity contribution in [2.45, 2.75) is 25.8 Å². The number of amides is 1. The predicted molar refractivity (Wildman–Crippen MR) is 49.2 cm³/mol. The van der Waals surface area contributed by atoms with Gasteiger partial charge < -0.3 is 5.32 Å². The lowest BCUT2D eigenvalue weighted by atomic mass is 10.2. The van der Waals surface area contributed by atoms with E-state index in [0.717, 1.165) is 5.92 Å². The van der Waals surface area contributed by atoms with E-state index in [0.29, 0.717) is 10.5 Å². The molecule has 0 heterocycles. The molecule has 3 heteroatoms. The molecular weight excluding hydrogens is 241 g/mol.